The molecule has 112 valence electrons. The van der Waals surface area contributed by atoms with Crippen molar-refractivity contribution in [3.8, 4) is 0 Å². The summed E-state index contributed by atoms with van der Waals surface area (Å²) in [5, 5.41) is 0.648. The average Bonchev–Trinajstić information content (AvgIpc) is 2.74. The van der Waals surface area contributed by atoms with Crippen molar-refractivity contribution in [2.75, 3.05) is 12.3 Å². The first-order valence-electron chi connectivity index (χ1n) is 6.73. The number of aromatic nitrogens is 2. The molecular weight excluding hydrogens is 290 g/mol. The van der Waals surface area contributed by atoms with Gasteiger partial charge in [-0.1, -0.05) is 29.8 Å². The summed E-state index contributed by atoms with van der Waals surface area (Å²) < 4.78 is 6.75. The van der Waals surface area contributed by atoms with Crippen LogP contribution in [0.25, 0.3) is 0 Å². The van der Waals surface area contributed by atoms with Gasteiger partial charge in [-0.2, -0.15) is 0 Å². The molecule has 1 heterocycles. The maximum Gasteiger partial charge on any atom is 0.360 e. The first-order valence-corrected chi connectivity index (χ1v) is 7.11. The number of nitrogen functional groups attached to an aromatic ring is 1. The van der Waals surface area contributed by atoms with Gasteiger partial charge in [0.15, 0.2) is 5.69 Å². The summed E-state index contributed by atoms with van der Waals surface area (Å²) in [6, 6.07) is 7.39. The Morgan fingerprint density at radius 1 is 1.48 bits per heavy atom. The van der Waals surface area contributed by atoms with Crippen LogP contribution in [0, 0.1) is 6.92 Å². The van der Waals surface area contributed by atoms with E-state index >= 15 is 0 Å². The van der Waals surface area contributed by atoms with E-state index in [-0.39, 0.29) is 18.3 Å². The number of halogens is 1. The van der Waals surface area contributed by atoms with Crippen molar-refractivity contribution in [2.24, 2.45) is 0 Å². The molecule has 1 aromatic heterocycles. The van der Waals surface area contributed by atoms with Gasteiger partial charge < -0.3 is 15.0 Å². The lowest BCUT2D eigenvalue weighted by atomic mass is 10.1. The van der Waals surface area contributed by atoms with Crippen LogP contribution in [-0.4, -0.2) is 22.1 Å². The number of nitrogens with two attached hydrogens (primary N) is 1. The number of rotatable bonds is 4. The fourth-order valence-corrected chi connectivity index (χ4v) is 2.65. The number of esters is 1. The van der Waals surface area contributed by atoms with Gasteiger partial charge in [0.1, 0.15) is 11.6 Å². The van der Waals surface area contributed by atoms with Crippen LogP contribution in [0.1, 0.15) is 41.8 Å². The largest absolute Gasteiger partial charge is 0.461 e. The van der Waals surface area contributed by atoms with E-state index in [4.69, 9.17) is 22.1 Å². The number of aryl methyl sites for hydroxylation is 1. The van der Waals surface area contributed by atoms with Crippen molar-refractivity contribution in [2.45, 2.75) is 26.8 Å². The molecule has 2 N–H and O–H groups in total. The number of carbonyl (C=O) groups is 1. The summed E-state index contributed by atoms with van der Waals surface area (Å²) >= 11 is 6.23. The zero-order chi connectivity index (χ0) is 15.6. The molecular formula is C15H18ClN3O2. The lowest BCUT2D eigenvalue weighted by Crippen LogP contribution is -2.14. The average molecular weight is 308 g/mol. The van der Waals surface area contributed by atoms with Crippen molar-refractivity contribution in [3.63, 3.8) is 0 Å². The van der Waals surface area contributed by atoms with E-state index in [9.17, 15) is 4.79 Å². The summed E-state index contributed by atoms with van der Waals surface area (Å²) in [6.07, 6.45) is 0. The van der Waals surface area contributed by atoms with E-state index in [1.54, 1.807) is 18.4 Å². The molecule has 21 heavy (non-hydrogen) atoms. The van der Waals surface area contributed by atoms with E-state index in [1.807, 2.05) is 31.2 Å². The van der Waals surface area contributed by atoms with Gasteiger partial charge in [0.05, 0.1) is 12.6 Å². The molecule has 0 aliphatic carbocycles. The van der Waals surface area contributed by atoms with Crippen LogP contribution >= 0.6 is 11.6 Å². The first kappa shape index (κ1) is 15.4. The van der Waals surface area contributed by atoms with Crippen LogP contribution in [0.15, 0.2) is 24.3 Å². The summed E-state index contributed by atoms with van der Waals surface area (Å²) in [5.74, 6) is 0.421. The number of imidazole rings is 1. The molecule has 1 atom stereocenters. The number of ether oxygens (including phenoxy) is 1. The van der Waals surface area contributed by atoms with Gasteiger partial charge >= 0.3 is 5.97 Å². The van der Waals surface area contributed by atoms with E-state index in [1.165, 1.54) is 0 Å². The van der Waals surface area contributed by atoms with Crippen LogP contribution in [0.2, 0.25) is 5.02 Å². The highest BCUT2D eigenvalue weighted by Gasteiger charge is 2.23. The van der Waals surface area contributed by atoms with E-state index in [0.29, 0.717) is 16.7 Å². The molecule has 0 bridgehead atoms. The molecule has 0 fully saturated rings. The number of carbonyl (C=O) groups excluding carboxylic acids is 1. The fourth-order valence-electron chi connectivity index (χ4n) is 2.35. The molecule has 0 spiro atoms. The molecule has 2 rings (SSSR count). The van der Waals surface area contributed by atoms with Gasteiger partial charge in [0.25, 0.3) is 0 Å². The first-order chi connectivity index (χ1) is 9.97. The Morgan fingerprint density at radius 3 is 2.76 bits per heavy atom. The maximum absolute atomic E-state index is 11.9. The molecule has 0 aliphatic heterocycles. The topological polar surface area (TPSA) is 70.1 Å². The Balaban J connectivity index is 2.45. The Hall–Kier alpha value is -2.01. The summed E-state index contributed by atoms with van der Waals surface area (Å²) in [4.78, 5) is 16.1. The minimum absolute atomic E-state index is 0.130. The highest BCUT2D eigenvalue weighted by Crippen LogP contribution is 2.30. The van der Waals surface area contributed by atoms with Crippen LogP contribution in [0.3, 0.4) is 0 Å². The normalized spacial score (nSPS) is 12.2. The summed E-state index contributed by atoms with van der Waals surface area (Å²) in [6.45, 7) is 5.78. The van der Waals surface area contributed by atoms with Crippen molar-refractivity contribution >= 4 is 23.4 Å². The van der Waals surface area contributed by atoms with Crippen molar-refractivity contribution in [3.05, 3.63) is 46.4 Å². The highest BCUT2D eigenvalue weighted by atomic mass is 35.5. The Bertz CT molecular complexity index is 667. The quantitative estimate of drug-likeness (QED) is 0.880. The second kappa shape index (κ2) is 6.18. The summed E-state index contributed by atoms with van der Waals surface area (Å²) in [7, 11) is 0. The summed E-state index contributed by atoms with van der Waals surface area (Å²) in [5.41, 5.74) is 7.15. The monoisotopic (exact) mass is 307 g/mol. The van der Waals surface area contributed by atoms with E-state index in [2.05, 4.69) is 4.98 Å². The number of nitrogens with zero attached hydrogens (tertiary/aromatic N) is 2. The fraction of sp³-hybridized carbons (Fsp3) is 0.333. The van der Waals surface area contributed by atoms with Crippen LogP contribution in [0.4, 0.5) is 5.82 Å². The van der Waals surface area contributed by atoms with Gasteiger partial charge in [-0.05, 0) is 32.4 Å². The second-order valence-electron chi connectivity index (χ2n) is 4.68. The third-order valence-corrected chi connectivity index (χ3v) is 3.68. The van der Waals surface area contributed by atoms with Crippen molar-refractivity contribution in [1.29, 1.82) is 0 Å². The molecule has 1 aromatic carbocycles. The van der Waals surface area contributed by atoms with Crippen molar-refractivity contribution in [1.82, 2.24) is 9.55 Å². The van der Waals surface area contributed by atoms with Gasteiger partial charge in [-0.15, -0.1) is 0 Å². The minimum Gasteiger partial charge on any atom is -0.461 e. The number of hydrogen-bond acceptors (Lipinski definition) is 4. The number of anilines is 1. The van der Waals surface area contributed by atoms with Gasteiger partial charge in [0, 0.05) is 5.02 Å². The predicted molar refractivity (Wildman–Crippen MR) is 82.6 cm³/mol. The highest BCUT2D eigenvalue weighted by molar-refractivity contribution is 6.31. The zero-order valence-corrected chi connectivity index (χ0v) is 13.0. The molecule has 6 heteroatoms. The molecule has 0 saturated heterocycles. The predicted octanol–water partition coefficient (Wildman–Crippen LogP) is 3.21. The molecule has 0 amide bonds. The van der Waals surface area contributed by atoms with Gasteiger partial charge in [-0.25, -0.2) is 9.78 Å². The number of hydrogen-bond donors (Lipinski definition) is 1. The smallest absolute Gasteiger partial charge is 0.360 e. The number of benzene rings is 1. The van der Waals surface area contributed by atoms with E-state index < -0.39 is 5.97 Å². The molecule has 0 radical (unpaired) electrons. The lowest BCUT2D eigenvalue weighted by molar-refractivity contribution is 0.0521. The lowest BCUT2D eigenvalue weighted by Gasteiger charge is -2.18. The van der Waals surface area contributed by atoms with E-state index in [0.717, 1.165) is 5.56 Å². The van der Waals surface area contributed by atoms with Crippen LogP contribution in [0.5, 0.6) is 0 Å². The molecule has 0 saturated carbocycles. The van der Waals surface area contributed by atoms with Gasteiger partial charge in [-0.3, -0.25) is 0 Å². The Morgan fingerprint density at radius 2 is 2.14 bits per heavy atom. The third-order valence-electron chi connectivity index (χ3n) is 3.34. The second-order valence-corrected chi connectivity index (χ2v) is 5.09. The van der Waals surface area contributed by atoms with Crippen molar-refractivity contribution < 1.29 is 9.53 Å². The molecule has 1 unspecified atom stereocenters. The van der Waals surface area contributed by atoms with Crippen LogP contribution < -0.4 is 5.73 Å². The Labute approximate surface area is 128 Å². The van der Waals surface area contributed by atoms with Gasteiger partial charge in [0.2, 0.25) is 0 Å². The Kier molecular flexibility index (Phi) is 4.53. The van der Waals surface area contributed by atoms with Crippen LogP contribution in [-0.2, 0) is 4.74 Å². The maximum atomic E-state index is 11.9. The molecule has 5 nitrogen and oxygen atoms in total. The zero-order valence-electron chi connectivity index (χ0n) is 12.3. The SMILES string of the molecule is CCOC(=O)c1nc(C)n(C(C)c2ccccc2Cl)c1N. The molecule has 2 aromatic rings. The third kappa shape index (κ3) is 2.88. The minimum atomic E-state index is -0.511. The molecule has 0 aliphatic rings. The standard InChI is InChI=1S/C15H18ClN3O2/c1-4-21-15(20)13-14(17)19(10(3)18-13)9(2)11-7-5-6-8-12(11)16/h5-9H,4,17H2,1-3H3.